The summed E-state index contributed by atoms with van der Waals surface area (Å²) >= 11 is 6.02. The molecule has 2 saturated carbocycles. The van der Waals surface area contributed by atoms with Gasteiger partial charge in [0.2, 0.25) is 0 Å². The molecule has 26 heavy (non-hydrogen) atoms. The predicted octanol–water partition coefficient (Wildman–Crippen LogP) is 7.32. The fraction of sp³-hybridized carbons (Fsp3) is 0.583. The average molecular weight is 373 g/mol. The molecule has 0 bridgehead atoms. The van der Waals surface area contributed by atoms with Crippen molar-refractivity contribution in [3.05, 3.63) is 59.2 Å². The first-order chi connectivity index (χ1) is 12.8. The Balaban J connectivity index is 1.37. The second-order valence-corrected chi connectivity index (χ2v) is 8.42. The van der Waals surface area contributed by atoms with E-state index in [0.717, 1.165) is 29.4 Å². The fourth-order valence-electron chi connectivity index (χ4n) is 4.82. The summed E-state index contributed by atoms with van der Waals surface area (Å²) in [4.78, 5) is 0. The summed E-state index contributed by atoms with van der Waals surface area (Å²) in [5.74, 6) is 2.61. The molecule has 142 valence electrons. The van der Waals surface area contributed by atoms with E-state index in [1.54, 1.807) is 0 Å². The smallest absolute Gasteiger partial charge is 0.0654 e. The van der Waals surface area contributed by atoms with Crippen molar-refractivity contribution in [3.63, 3.8) is 0 Å². The number of ether oxygens (including phenoxy) is 1. The van der Waals surface area contributed by atoms with E-state index in [2.05, 4.69) is 30.4 Å². The third kappa shape index (κ3) is 5.72. The molecular formula is C24H33ClO. The van der Waals surface area contributed by atoms with Crippen LogP contribution in [0.4, 0.5) is 0 Å². The van der Waals surface area contributed by atoms with Gasteiger partial charge in [-0.05, 0) is 93.7 Å². The molecule has 0 atom stereocenters. The second-order valence-electron chi connectivity index (χ2n) is 7.99. The molecule has 3 rings (SSSR count). The maximum absolute atomic E-state index is 6.02. The van der Waals surface area contributed by atoms with Crippen molar-refractivity contribution < 1.29 is 4.74 Å². The van der Waals surface area contributed by atoms with Gasteiger partial charge in [0.25, 0.3) is 0 Å². The normalized spacial score (nSPS) is 30.2. The minimum Gasteiger partial charge on any atom is -0.374 e. The van der Waals surface area contributed by atoms with Crippen molar-refractivity contribution in [2.45, 2.75) is 70.3 Å². The van der Waals surface area contributed by atoms with Crippen LogP contribution in [0, 0.1) is 11.8 Å². The maximum Gasteiger partial charge on any atom is 0.0654 e. The first kappa shape index (κ1) is 19.7. The molecule has 0 N–H and O–H groups in total. The largest absolute Gasteiger partial charge is 0.374 e. The monoisotopic (exact) mass is 372 g/mol. The lowest BCUT2D eigenvalue weighted by atomic mass is 9.69. The van der Waals surface area contributed by atoms with E-state index >= 15 is 0 Å². The Morgan fingerprint density at radius 2 is 1.50 bits per heavy atom. The van der Waals surface area contributed by atoms with Crippen LogP contribution in [-0.4, -0.2) is 12.7 Å². The summed E-state index contributed by atoms with van der Waals surface area (Å²) in [5.41, 5.74) is 1.48. The van der Waals surface area contributed by atoms with E-state index in [1.807, 2.05) is 25.1 Å². The van der Waals surface area contributed by atoms with Gasteiger partial charge in [0.05, 0.1) is 12.7 Å². The number of hydrogen-bond donors (Lipinski definition) is 0. The Bertz CT molecular complexity index is 573. The van der Waals surface area contributed by atoms with Crippen LogP contribution in [0.5, 0.6) is 0 Å². The maximum atomic E-state index is 6.02. The summed E-state index contributed by atoms with van der Waals surface area (Å²) in [6.45, 7) is 2.79. The summed E-state index contributed by atoms with van der Waals surface area (Å²) in [7, 11) is 0. The molecule has 0 unspecified atom stereocenters. The zero-order chi connectivity index (χ0) is 18.2. The zero-order valence-corrected chi connectivity index (χ0v) is 16.8. The lowest BCUT2D eigenvalue weighted by Crippen LogP contribution is -2.28. The molecule has 0 amide bonds. The highest BCUT2D eigenvalue weighted by molar-refractivity contribution is 6.30. The van der Waals surface area contributed by atoms with Gasteiger partial charge >= 0.3 is 0 Å². The summed E-state index contributed by atoms with van der Waals surface area (Å²) in [5, 5.41) is 0.846. The second kappa shape index (κ2) is 10.3. The van der Waals surface area contributed by atoms with Gasteiger partial charge in [-0.1, -0.05) is 48.0 Å². The summed E-state index contributed by atoms with van der Waals surface area (Å²) in [6, 6.07) is 8.53. The SMILES string of the molecule is C/C=C/C=C/COC1CCC(C2CCC(c3ccc(Cl)cc3)CC2)CC1. The van der Waals surface area contributed by atoms with E-state index in [1.165, 1.54) is 56.9 Å². The van der Waals surface area contributed by atoms with Gasteiger partial charge in [0.15, 0.2) is 0 Å². The quantitative estimate of drug-likeness (QED) is 0.475. The average Bonchev–Trinajstić information content (AvgIpc) is 2.69. The third-order valence-corrected chi connectivity index (χ3v) is 6.62. The summed E-state index contributed by atoms with van der Waals surface area (Å²) in [6.07, 6.45) is 19.5. The molecule has 1 aromatic carbocycles. The summed E-state index contributed by atoms with van der Waals surface area (Å²) < 4.78 is 6.02. The van der Waals surface area contributed by atoms with Gasteiger partial charge in [-0.15, -0.1) is 0 Å². The van der Waals surface area contributed by atoms with Gasteiger partial charge < -0.3 is 4.74 Å². The zero-order valence-electron chi connectivity index (χ0n) is 16.1. The fourth-order valence-corrected chi connectivity index (χ4v) is 4.95. The van der Waals surface area contributed by atoms with Gasteiger partial charge in [-0.3, -0.25) is 0 Å². The molecule has 0 aromatic heterocycles. The van der Waals surface area contributed by atoms with Crippen LogP contribution in [0.3, 0.4) is 0 Å². The molecule has 2 aliphatic rings. The van der Waals surface area contributed by atoms with E-state index in [4.69, 9.17) is 16.3 Å². The minimum absolute atomic E-state index is 0.479. The van der Waals surface area contributed by atoms with Gasteiger partial charge in [0, 0.05) is 5.02 Å². The van der Waals surface area contributed by atoms with Crippen LogP contribution in [0.15, 0.2) is 48.6 Å². The van der Waals surface area contributed by atoms with E-state index in [-0.39, 0.29) is 0 Å². The number of allylic oxidation sites excluding steroid dienone is 3. The van der Waals surface area contributed by atoms with E-state index in [0.29, 0.717) is 6.10 Å². The Hall–Kier alpha value is -1.05. The number of halogens is 1. The highest BCUT2D eigenvalue weighted by Crippen LogP contribution is 2.43. The van der Waals surface area contributed by atoms with E-state index in [9.17, 15) is 0 Å². The Morgan fingerprint density at radius 3 is 2.12 bits per heavy atom. The van der Waals surface area contributed by atoms with Crippen molar-refractivity contribution in [3.8, 4) is 0 Å². The number of benzene rings is 1. The van der Waals surface area contributed by atoms with Crippen LogP contribution < -0.4 is 0 Å². The van der Waals surface area contributed by atoms with Crippen molar-refractivity contribution in [2.75, 3.05) is 6.61 Å². The highest BCUT2D eigenvalue weighted by Gasteiger charge is 2.31. The number of hydrogen-bond acceptors (Lipinski definition) is 1. The molecule has 2 heteroatoms. The highest BCUT2D eigenvalue weighted by atomic mass is 35.5. The van der Waals surface area contributed by atoms with Gasteiger partial charge in [0.1, 0.15) is 0 Å². The lowest BCUT2D eigenvalue weighted by Gasteiger charge is -2.38. The molecule has 0 spiro atoms. The lowest BCUT2D eigenvalue weighted by molar-refractivity contribution is 0.0223. The van der Waals surface area contributed by atoms with Crippen molar-refractivity contribution in [2.24, 2.45) is 11.8 Å². The molecule has 0 saturated heterocycles. The predicted molar refractivity (Wildman–Crippen MR) is 112 cm³/mol. The van der Waals surface area contributed by atoms with Crippen LogP contribution >= 0.6 is 11.6 Å². The minimum atomic E-state index is 0.479. The molecule has 0 radical (unpaired) electrons. The Labute approximate surface area is 164 Å². The van der Waals surface area contributed by atoms with Crippen molar-refractivity contribution >= 4 is 11.6 Å². The number of rotatable bonds is 6. The van der Waals surface area contributed by atoms with Crippen LogP contribution in [0.1, 0.15) is 69.8 Å². The first-order valence-corrected chi connectivity index (χ1v) is 10.8. The molecule has 2 fully saturated rings. The van der Waals surface area contributed by atoms with Crippen LogP contribution in [-0.2, 0) is 4.74 Å². The van der Waals surface area contributed by atoms with Crippen molar-refractivity contribution in [1.82, 2.24) is 0 Å². The molecule has 1 nitrogen and oxygen atoms in total. The van der Waals surface area contributed by atoms with Gasteiger partial charge in [-0.25, -0.2) is 0 Å². The molecule has 0 aliphatic heterocycles. The van der Waals surface area contributed by atoms with Crippen LogP contribution in [0.2, 0.25) is 5.02 Å². The van der Waals surface area contributed by atoms with Gasteiger partial charge in [-0.2, -0.15) is 0 Å². The topological polar surface area (TPSA) is 9.23 Å². The molecular weight excluding hydrogens is 340 g/mol. The molecule has 1 aromatic rings. The first-order valence-electron chi connectivity index (χ1n) is 10.4. The van der Waals surface area contributed by atoms with Crippen LogP contribution in [0.25, 0.3) is 0 Å². The molecule has 2 aliphatic carbocycles. The van der Waals surface area contributed by atoms with Crippen molar-refractivity contribution in [1.29, 1.82) is 0 Å². The van der Waals surface area contributed by atoms with E-state index < -0.39 is 0 Å². The Kier molecular flexibility index (Phi) is 7.83. The third-order valence-electron chi connectivity index (χ3n) is 6.37. The standard InChI is InChI=1S/C24H33ClO/c1-2-3-4-5-18-26-24-16-12-22(13-17-24)20-8-6-19(7-9-20)21-10-14-23(25)15-11-21/h2-5,10-11,14-15,19-20,22,24H,6-9,12-13,16-18H2,1H3/b3-2+,5-4+. The Morgan fingerprint density at radius 1 is 0.885 bits per heavy atom. The molecule has 0 heterocycles.